The highest BCUT2D eigenvalue weighted by Crippen LogP contribution is 2.26. The van der Waals surface area contributed by atoms with Gasteiger partial charge < -0.3 is 20.5 Å². The Bertz CT molecular complexity index is 435. The topological polar surface area (TPSA) is 125 Å². The van der Waals surface area contributed by atoms with Crippen molar-refractivity contribution >= 4 is 17.3 Å². The van der Waals surface area contributed by atoms with Gasteiger partial charge in [-0.3, -0.25) is 10.1 Å². The van der Waals surface area contributed by atoms with E-state index in [0.29, 0.717) is 26.4 Å². The first-order valence-electron chi connectivity index (χ1n) is 5.36. The van der Waals surface area contributed by atoms with Gasteiger partial charge in [0.15, 0.2) is 0 Å². The van der Waals surface area contributed by atoms with Gasteiger partial charge in [-0.15, -0.1) is 0 Å². The fourth-order valence-corrected chi connectivity index (χ4v) is 1.57. The molecule has 0 spiro atoms. The van der Waals surface area contributed by atoms with Crippen molar-refractivity contribution in [1.29, 1.82) is 0 Å². The van der Waals surface area contributed by atoms with E-state index in [2.05, 4.69) is 15.3 Å². The summed E-state index contributed by atoms with van der Waals surface area (Å²) < 4.78 is 10.6. The molecular weight excluding hydrogens is 242 g/mol. The molecule has 18 heavy (non-hydrogen) atoms. The maximum Gasteiger partial charge on any atom is 0.352 e. The third-order valence-electron chi connectivity index (χ3n) is 2.42. The summed E-state index contributed by atoms with van der Waals surface area (Å²) in [6, 6.07) is 0. The highest BCUT2D eigenvalue weighted by molar-refractivity contribution is 5.67. The van der Waals surface area contributed by atoms with Crippen LogP contribution in [-0.4, -0.2) is 47.4 Å². The first-order valence-corrected chi connectivity index (χ1v) is 5.36. The second kappa shape index (κ2) is 5.56. The first kappa shape index (κ1) is 12.5. The Morgan fingerprint density at radius 1 is 1.56 bits per heavy atom. The summed E-state index contributed by atoms with van der Waals surface area (Å²) in [7, 11) is 0. The van der Waals surface area contributed by atoms with Crippen LogP contribution in [0.2, 0.25) is 0 Å². The molecule has 0 bridgehead atoms. The van der Waals surface area contributed by atoms with Crippen LogP contribution in [0.5, 0.6) is 0 Å². The molecule has 9 heteroatoms. The number of nitrogens with one attached hydrogen (secondary N) is 1. The summed E-state index contributed by atoms with van der Waals surface area (Å²) >= 11 is 0. The van der Waals surface area contributed by atoms with Crippen molar-refractivity contribution in [2.45, 2.75) is 6.10 Å². The Hall–Kier alpha value is -2.00. The van der Waals surface area contributed by atoms with Crippen LogP contribution >= 0.6 is 0 Å². The van der Waals surface area contributed by atoms with Crippen molar-refractivity contribution in [3.05, 3.63) is 16.4 Å². The molecule has 1 aliphatic heterocycles. The Morgan fingerprint density at radius 3 is 3.06 bits per heavy atom. The molecule has 0 aliphatic carbocycles. The van der Waals surface area contributed by atoms with Crippen LogP contribution in [0.1, 0.15) is 0 Å². The summed E-state index contributed by atoms with van der Waals surface area (Å²) in [4.78, 5) is 17.6. The molecule has 98 valence electrons. The summed E-state index contributed by atoms with van der Waals surface area (Å²) in [5.74, 6) is -0.0833. The number of aromatic nitrogens is 2. The smallest absolute Gasteiger partial charge is 0.352 e. The molecule has 0 radical (unpaired) electrons. The lowest BCUT2D eigenvalue weighted by Gasteiger charge is -2.23. The van der Waals surface area contributed by atoms with E-state index < -0.39 is 4.92 Å². The number of nitrogens with zero attached hydrogens (tertiary/aromatic N) is 3. The average Bonchev–Trinajstić information content (AvgIpc) is 2.37. The van der Waals surface area contributed by atoms with Crippen LogP contribution in [0.3, 0.4) is 0 Å². The van der Waals surface area contributed by atoms with E-state index in [0.717, 1.165) is 0 Å². The van der Waals surface area contributed by atoms with Gasteiger partial charge in [0, 0.05) is 6.54 Å². The number of hydrogen-bond donors (Lipinski definition) is 2. The van der Waals surface area contributed by atoms with E-state index in [9.17, 15) is 10.1 Å². The van der Waals surface area contributed by atoms with Gasteiger partial charge in [0.25, 0.3) is 0 Å². The van der Waals surface area contributed by atoms with Gasteiger partial charge in [0.2, 0.25) is 11.6 Å². The van der Waals surface area contributed by atoms with Crippen LogP contribution in [0.4, 0.5) is 17.3 Å². The SMILES string of the molecule is Nc1ncnc(NCC2COCCO2)c1[N+](=O)[O-]. The molecule has 1 fully saturated rings. The molecular formula is C9H13N5O4. The molecule has 2 rings (SSSR count). The van der Waals surface area contributed by atoms with E-state index in [1.807, 2.05) is 0 Å². The Morgan fingerprint density at radius 2 is 2.39 bits per heavy atom. The highest BCUT2D eigenvalue weighted by Gasteiger charge is 2.22. The zero-order chi connectivity index (χ0) is 13.0. The second-order valence-corrected chi connectivity index (χ2v) is 3.66. The standard InChI is InChI=1S/C9H13N5O4/c10-8-7(14(15)16)9(13-5-12-8)11-3-6-4-17-1-2-18-6/h5-6H,1-4H2,(H3,10,11,12,13). The predicted molar refractivity (Wildman–Crippen MR) is 62.1 cm³/mol. The van der Waals surface area contributed by atoms with E-state index >= 15 is 0 Å². The molecule has 0 saturated carbocycles. The summed E-state index contributed by atoms with van der Waals surface area (Å²) in [5.41, 5.74) is 5.12. The lowest BCUT2D eigenvalue weighted by molar-refractivity contribution is -0.383. The van der Waals surface area contributed by atoms with Crippen LogP contribution in [0.15, 0.2) is 6.33 Å². The van der Waals surface area contributed by atoms with Crippen molar-refractivity contribution in [3.8, 4) is 0 Å². The lowest BCUT2D eigenvalue weighted by atomic mass is 10.3. The first-order chi connectivity index (χ1) is 8.68. The van der Waals surface area contributed by atoms with Crippen molar-refractivity contribution in [1.82, 2.24) is 9.97 Å². The van der Waals surface area contributed by atoms with Gasteiger partial charge in [-0.05, 0) is 0 Å². The number of anilines is 2. The van der Waals surface area contributed by atoms with Gasteiger partial charge in [0.05, 0.1) is 30.8 Å². The zero-order valence-corrected chi connectivity index (χ0v) is 9.54. The molecule has 1 unspecified atom stereocenters. The van der Waals surface area contributed by atoms with E-state index in [-0.39, 0.29) is 23.4 Å². The van der Waals surface area contributed by atoms with E-state index in [1.54, 1.807) is 0 Å². The zero-order valence-electron chi connectivity index (χ0n) is 9.54. The third-order valence-corrected chi connectivity index (χ3v) is 2.42. The minimum absolute atomic E-state index is 0.0849. The lowest BCUT2D eigenvalue weighted by Crippen LogP contribution is -2.34. The van der Waals surface area contributed by atoms with Gasteiger partial charge >= 0.3 is 5.69 Å². The maximum atomic E-state index is 10.8. The fraction of sp³-hybridized carbons (Fsp3) is 0.556. The average molecular weight is 255 g/mol. The minimum atomic E-state index is -0.615. The fourth-order valence-electron chi connectivity index (χ4n) is 1.57. The molecule has 0 amide bonds. The van der Waals surface area contributed by atoms with E-state index in [4.69, 9.17) is 15.2 Å². The van der Waals surface area contributed by atoms with Crippen molar-refractivity contribution in [3.63, 3.8) is 0 Å². The third kappa shape index (κ3) is 2.81. The Labute approximate surface area is 102 Å². The number of rotatable bonds is 4. The Balaban J connectivity index is 2.04. The quantitative estimate of drug-likeness (QED) is 0.559. The minimum Gasteiger partial charge on any atom is -0.378 e. The normalized spacial score (nSPS) is 19.4. The van der Waals surface area contributed by atoms with Gasteiger partial charge in [0.1, 0.15) is 6.33 Å². The number of nitro groups is 1. The number of nitrogen functional groups attached to an aromatic ring is 1. The molecule has 1 saturated heterocycles. The van der Waals surface area contributed by atoms with Gasteiger partial charge in [-0.2, -0.15) is 0 Å². The number of hydrogen-bond acceptors (Lipinski definition) is 8. The molecule has 0 aromatic carbocycles. The van der Waals surface area contributed by atoms with Crippen molar-refractivity contribution in [2.24, 2.45) is 0 Å². The molecule has 2 heterocycles. The second-order valence-electron chi connectivity index (χ2n) is 3.66. The molecule has 3 N–H and O–H groups in total. The Kier molecular flexibility index (Phi) is 3.85. The number of nitrogens with two attached hydrogens (primary N) is 1. The van der Waals surface area contributed by atoms with Crippen LogP contribution in [0.25, 0.3) is 0 Å². The highest BCUT2D eigenvalue weighted by atomic mass is 16.6. The van der Waals surface area contributed by atoms with Gasteiger partial charge in [-0.25, -0.2) is 9.97 Å². The summed E-state index contributed by atoms with van der Waals surface area (Å²) in [6.07, 6.45) is 1.01. The molecule has 9 nitrogen and oxygen atoms in total. The summed E-state index contributed by atoms with van der Waals surface area (Å²) in [5, 5.41) is 13.7. The monoisotopic (exact) mass is 255 g/mol. The molecule has 1 aliphatic rings. The van der Waals surface area contributed by atoms with Crippen LogP contribution in [0, 0.1) is 10.1 Å². The predicted octanol–water partition coefficient (Wildman–Crippen LogP) is -0.206. The van der Waals surface area contributed by atoms with Crippen LogP contribution in [-0.2, 0) is 9.47 Å². The molecule has 1 aromatic rings. The largest absolute Gasteiger partial charge is 0.378 e. The van der Waals surface area contributed by atoms with E-state index in [1.165, 1.54) is 6.33 Å². The molecule has 1 aromatic heterocycles. The van der Waals surface area contributed by atoms with Crippen molar-refractivity contribution in [2.75, 3.05) is 37.4 Å². The van der Waals surface area contributed by atoms with Gasteiger partial charge in [-0.1, -0.05) is 0 Å². The van der Waals surface area contributed by atoms with Crippen LogP contribution < -0.4 is 11.1 Å². The molecule has 1 atom stereocenters. The maximum absolute atomic E-state index is 10.8. The number of ether oxygens (including phenoxy) is 2. The van der Waals surface area contributed by atoms with Crippen molar-refractivity contribution < 1.29 is 14.4 Å². The summed E-state index contributed by atoms with van der Waals surface area (Å²) in [6.45, 7) is 1.89.